The first kappa shape index (κ1) is 26.3. The van der Waals surface area contributed by atoms with Crippen molar-refractivity contribution in [3.63, 3.8) is 0 Å². The van der Waals surface area contributed by atoms with E-state index in [1.54, 1.807) is 44.1 Å². The van der Waals surface area contributed by atoms with Crippen LogP contribution in [-0.2, 0) is 19.5 Å². The summed E-state index contributed by atoms with van der Waals surface area (Å²) < 4.78 is 31.3. The smallest absolute Gasteiger partial charge is 0.352 e. The molecule has 0 saturated heterocycles. The van der Waals surface area contributed by atoms with Gasteiger partial charge in [0.05, 0.1) is 26.8 Å². The minimum atomic E-state index is -1.06. The van der Waals surface area contributed by atoms with Gasteiger partial charge in [0.15, 0.2) is 11.5 Å². The Kier molecular flexibility index (Phi) is 8.21. The van der Waals surface area contributed by atoms with Crippen molar-refractivity contribution in [3.05, 3.63) is 87.8 Å². The minimum Gasteiger partial charge on any atom is -0.497 e. The molecule has 4 aromatic rings. The van der Waals surface area contributed by atoms with Gasteiger partial charge in [0.1, 0.15) is 17.3 Å². The van der Waals surface area contributed by atoms with Crippen molar-refractivity contribution in [1.82, 2.24) is 9.88 Å². The van der Waals surface area contributed by atoms with Crippen LogP contribution in [0.1, 0.15) is 27.2 Å². The number of carboxylic acids is 1. The highest BCUT2D eigenvalue weighted by Gasteiger charge is 2.23. The van der Waals surface area contributed by atoms with E-state index in [4.69, 9.17) is 25.8 Å². The number of nitrogens with one attached hydrogen (secondary N) is 1. The third-order valence-electron chi connectivity index (χ3n) is 6.26. The monoisotopic (exact) mass is 526 g/mol. The van der Waals surface area contributed by atoms with E-state index in [9.17, 15) is 14.3 Å². The van der Waals surface area contributed by atoms with Gasteiger partial charge in [-0.25, -0.2) is 9.18 Å². The maximum atomic E-state index is 13.6. The summed E-state index contributed by atoms with van der Waals surface area (Å²) in [6, 6.07) is 15.3. The molecule has 37 heavy (non-hydrogen) atoms. The molecule has 0 aliphatic heterocycles. The zero-order valence-corrected chi connectivity index (χ0v) is 21.6. The molecular weight excluding hydrogens is 499 g/mol. The van der Waals surface area contributed by atoms with Gasteiger partial charge >= 0.3 is 5.97 Å². The van der Waals surface area contributed by atoms with Crippen LogP contribution >= 0.6 is 11.6 Å². The molecule has 0 aliphatic carbocycles. The Morgan fingerprint density at radius 3 is 2.46 bits per heavy atom. The van der Waals surface area contributed by atoms with Crippen molar-refractivity contribution < 1.29 is 28.5 Å². The second kappa shape index (κ2) is 11.5. The SMILES string of the molecule is COc1ccc2c(CNCCc3ccc(OC)c(OC)c3)c(C(=O)O)n(Cc3ccc(F)cc3Cl)c2c1. The van der Waals surface area contributed by atoms with E-state index in [0.29, 0.717) is 53.4 Å². The molecule has 194 valence electrons. The van der Waals surface area contributed by atoms with E-state index in [2.05, 4.69) is 5.32 Å². The lowest BCUT2D eigenvalue weighted by atomic mass is 10.1. The number of ether oxygens (including phenoxy) is 3. The molecular formula is C28H28ClFN2O5. The highest BCUT2D eigenvalue weighted by atomic mass is 35.5. The second-order valence-corrected chi connectivity index (χ2v) is 8.86. The van der Waals surface area contributed by atoms with Gasteiger partial charge in [0.25, 0.3) is 0 Å². The van der Waals surface area contributed by atoms with Crippen molar-refractivity contribution >= 4 is 28.5 Å². The normalized spacial score (nSPS) is 11.1. The number of rotatable bonds is 11. The maximum absolute atomic E-state index is 13.6. The fourth-order valence-electron chi connectivity index (χ4n) is 4.42. The summed E-state index contributed by atoms with van der Waals surface area (Å²) in [7, 11) is 4.74. The Labute approximate surface area is 219 Å². The standard InChI is InChI=1S/C28H28ClFN2O5/c1-35-20-7-8-21-22(15-31-11-10-17-4-9-25(36-2)26(12-17)37-3)27(28(33)34)32(24(21)14-20)16-18-5-6-19(30)13-23(18)29/h4-9,12-14,31H,10-11,15-16H2,1-3H3,(H,33,34). The fourth-order valence-corrected chi connectivity index (χ4v) is 4.65. The predicted octanol–water partition coefficient (Wildman–Crippen LogP) is 5.54. The van der Waals surface area contributed by atoms with E-state index in [0.717, 1.165) is 10.9 Å². The van der Waals surface area contributed by atoms with Crippen molar-refractivity contribution in [2.45, 2.75) is 19.5 Å². The Morgan fingerprint density at radius 1 is 1.00 bits per heavy atom. The summed E-state index contributed by atoms with van der Waals surface area (Å²) in [5, 5.41) is 14.6. The lowest BCUT2D eigenvalue weighted by Gasteiger charge is -2.12. The fraction of sp³-hybridized carbons (Fsp3) is 0.250. The average molecular weight is 527 g/mol. The number of carbonyl (C=O) groups is 1. The third kappa shape index (κ3) is 5.65. The summed E-state index contributed by atoms with van der Waals surface area (Å²) >= 11 is 6.27. The molecule has 0 amide bonds. The molecule has 4 rings (SSSR count). The van der Waals surface area contributed by atoms with E-state index in [-0.39, 0.29) is 17.3 Å². The highest BCUT2D eigenvalue weighted by Crippen LogP contribution is 2.32. The summed E-state index contributed by atoms with van der Waals surface area (Å²) in [4.78, 5) is 12.5. The highest BCUT2D eigenvalue weighted by molar-refractivity contribution is 6.31. The van der Waals surface area contributed by atoms with Gasteiger partial charge in [0, 0.05) is 35.1 Å². The molecule has 1 aromatic heterocycles. The van der Waals surface area contributed by atoms with E-state index >= 15 is 0 Å². The molecule has 0 fully saturated rings. The van der Waals surface area contributed by atoms with E-state index in [1.807, 2.05) is 24.3 Å². The summed E-state index contributed by atoms with van der Waals surface area (Å²) in [5.74, 6) is 0.400. The van der Waals surface area contributed by atoms with Gasteiger partial charge < -0.3 is 29.2 Å². The Bertz CT molecular complexity index is 1440. The second-order valence-electron chi connectivity index (χ2n) is 8.45. The third-order valence-corrected chi connectivity index (χ3v) is 6.61. The van der Waals surface area contributed by atoms with Gasteiger partial charge in [-0.15, -0.1) is 0 Å². The largest absolute Gasteiger partial charge is 0.497 e. The number of nitrogens with zero attached hydrogens (tertiary/aromatic N) is 1. The zero-order chi connectivity index (χ0) is 26.5. The molecule has 1 heterocycles. The number of methoxy groups -OCH3 is 3. The lowest BCUT2D eigenvalue weighted by molar-refractivity contribution is 0.0684. The summed E-state index contributed by atoms with van der Waals surface area (Å²) in [6.45, 7) is 1.11. The van der Waals surface area contributed by atoms with Crippen LogP contribution in [0.4, 0.5) is 4.39 Å². The van der Waals surface area contributed by atoms with E-state index < -0.39 is 11.8 Å². The number of halogens is 2. The molecule has 2 N–H and O–H groups in total. The van der Waals surface area contributed by atoms with Crippen LogP contribution in [0.5, 0.6) is 17.2 Å². The van der Waals surface area contributed by atoms with Gasteiger partial charge in [-0.3, -0.25) is 0 Å². The summed E-state index contributed by atoms with van der Waals surface area (Å²) in [5.41, 5.74) is 3.15. The number of carboxylic acid groups (broad SMARTS) is 1. The Morgan fingerprint density at radius 2 is 1.78 bits per heavy atom. The van der Waals surface area contributed by atoms with Gasteiger partial charge in [-0.2, -0.15) is 0 Å². The van der Waals surface area contributed by atoms with E-state index in [1.165, 1.54) is 12.1 Å². The zero-order valence-electron chi connectivity index (χ0n) is 20.8. The first-order chi connectivity index (χ1) is 17.9. The van der Waals surface area contributed by atoms with Gasteiger partial charge in [-0.1, -0.05) is 23.7 Å². The predicted molar refractivity (Wildman–Crippen MR) is 141 cm³/mol. The van der Waals surface area contributed by atoms with Crippen LogP contribution in [0.25, 0.3) is 10.9 Å². The van der Waals surface area contributed by atoms with Crippen LogP contribution in [0.3, 0.4) is 0 Å². The number of fused-ring (bicyclic) bond motifs is 1. The van der Waals surface area contributed by atoms with Crippen LogP contribution in [0.2, 0.25) is 5.02 Å². The average Bonchev–Trinajstić information content (AvgIpc) is 3.20. The van der Waals surface area contributed by atoms with Gasteiger partial charge in [-0.05, 0) is 60.5 Å². The molecule has 0 aliphatic rings. The van der Waals surface area contributed by atoms with Crippen LogP contribution in [0, 0.1) is 5.82 Å². The van der Waals surface area contributed by atoms with Crippen molar-refractivity contribution in [2.24, 2.45) is 0 Å². The molecule has 0 bridgehead atoms. The number of aromatic carboxylic acids is 1. The topological polar surface area (TPSA) is 81.9 Å². The van der Waals surface area contributed by atoms with Gasteiger partial charge in [0.2, 0.25) is 0 Å². The molecule has 0 spiro atoms. The first-order valence-corrected chi connectivity index (χ1v) is 12.0. The Hall–Kier alpha value is -3.75. The molecule has 7 nitrogen and oxygen atoms in total. The van der Waals surface area contributed by atoms with Crippen molar-refractivity contribution in [1.29, 1.82) is 0 Å². The number of hydrogen-bond donors (Lipinski definition) is 2. The van der Waals surface area contributed by atoms with Crippen molar-refractivity contribution in [2.75, 3.05) is 27.9 Å². The number of hydrogen-bond acceptors (Lipinski definition) is 5. The maximum Gasteiger partial charge on any atom is 0.352 e. The van der Waals surface area contributed by atoms with Crippen LogP contribution in [0.15, 0.2) is 54.6 Å². The first-order valence-electron chi connectivity index (χ1n) is 11.6. The lowest BCUT2D eigenvalue weighted by Crippen LogP contribution is -2.19. The molecule has 0 radical (unpaired) electrons. The molecule has 0 atom stereocenters. The van der Waals surface area contributed by atoms with Crippen LogP contribution < -0.4 is 19.5 Å². The number of benzene rings is 3. The van der Waals surface area contributed by atoms with Crippen molar-refractivity contribution in [3.8, 4) is 17.2 Å². The number of aromatic nitrogens is 1. The molecule has 3 aromatic carbocycles. The van der Waals surface area contributed by atoms with Crippen LogP contribution in [-0.4, -0.2) is 43.5 Å². The molecule has 0 unspecified atom stereocenters. The summed E-state index contributed by atoms with van der Waals surface area (Å²) in [6.07, 6.45) is 0.709. The molecule has 9 heteroatoms. The minimum absolute atomic E-state index is 0.141. The molecule has 0 saturated carbocycles. The Balaban J connectivity index is 1.63. The quantitative estimate of drug-likeness (QED) is 0.250.